The third-order valence-electron chi connectivity index (χ3n) is 3.12. The second-order valence-corrected chi connectivity index (χ2v) is 4.58. The van der Waals surface area contributed by atoms with Crippen molar-refractivity contribution in [1.82, 2.24) is 20.0 Å². The van der Waals surface area contributed by atoms with Crippen molar-refractivity contribution in [2.75, 3.05) is 33.2 Å². The van der Waals surface area contributed by atoms with E-state index in [-0.39, 0.29) is 5.91 Å². The molecule has 92 valence electrons. The van der Waals surface area contributed by atoms with Crippen LogP contribution in [-0.4, -0.2) is 59.1 Å². The minimum absolute atomic E-state index is 0.0774. The molecule has 2 heterocycles. The first kappa shape index (κ1) is 12.0. The molecule has 1 fully saturated rings. The molecule has 0 spiro atoms. The van der Waals surface area contributed by atoms with Crippen LogP contribution in [0.4, 0.5) is 0 Å². The number of hydrogen-bond donors (Lipinski definition) is 0. The highest BCUT2D eigenvalue weighted by atomic mass is 16.2. The van der Waals surface area contributed by atoms with Crippen LogP contribution in [0.5, 0.6) is 0 Å². The summed E-state index contributed by atoms with van der Waals surface area (Å²) in [7, 11) is 2.07. The van der Waals surface area contributed by atoms with E-state index in [9.17, 15) is 4.79 Å². The number of aryl methyl sites for hydroxylation is 2. The van der Waals surface area contributed by atoms with E-state index in [0.29, 0.717) is 11.3 Å². The predicted octanol–water partition coefficient (Wildman–Crippen LogP) is 0.481. The first-order chi connectivity index (χ1) is 8.08. The predicted molar refractivity (Wildman–Crippen MR) is 64.9 cm³/mol. The van der Waals surface area contributed by atoms with Crippen molar-refractivity contribution < 1.29 is 4.79 Å². The topological polar surface area (TPSA) is 49.3 Å². The van der Waals surface area contributed by atoms with Gasteiger partial charge >= 0.3 is 0 Å². The van der Waals surface area contributed by atoms with Gasteiger partial charge in [-0.2, -0.15) is 10.2 Å². The van der Waals surface area contributed by atoms with Crippen LogP contribution in [0.2, 0.25) is 0 Å². The SMILES string of the molecule is Cc1cc(C(=O)N2CCN(C)CC2)c(C)nn1. The maximum atomic E-state index is 12.3. The molecule has 5 heteroatoms. The summed E-state index contributed by atoms with van der Waals surface area (Å²) in [6.07, 6.45) is 0. The Morgan fingerprint density at radius 1 is 1.18 bits per heavy atom. The number of aromatic nitrogens is 2. The van der Waals surface area contributed by atoms with Gasteiger partial charge in [-0.1, -0.05) is 0 Å². The average molecular weight is 234 g/mol. The zero-order valence-electron chi connectivity index (χ0n) is 10.6. The summed E-state index contributed by atoms with van der Waals surface area (Å²) in [6, 6.07) is 1.82. The van der Waals surface area contributed by atoms with Crippen LogP contribution in [0.15, 0.2) is 6.07 Å². The molecule has 0 bridgehead atoms. The van der Waals surface area contributed by atoms with Gasteiger partial charge in [0.1, 0.15) is 0 Å². The van der Waals surface area contributed by atoms with E-state index in [1.807, 2.05) is 24.8 Å². The van der Waals surface area contributed by atoms with Crippen molar-refractivity contribution >= 4 is 5.91 Å². The molecule has 0 aromatic carbocycles. The summed E-state index contributed by atoms with van der Waals surface area (Å²) in [5.41, 5.74) is 2.18. The van der Waals surface area contributed by atoms with Gasteiger partial charge in [0.05, 0.1) is 17.0 Å². The smallest absolute Gasteiger partial charge is 0.255 e. The first-order valence-electron chi connectivity index (χ1n) is 5.86. The monoisotopic (exact) mass is 234 g/mol. The van der Waals surface area contributed by atoms with Crippen LogP contribution in [-0.2, 0) is 0 Å². The molecule has 0 saturated carbocycles. The third kappa shape index (κ3) is 2.61. The molecule has 0 N–H and O–H groups in total. The third-order valence-corrected chi connectivity index (χ3v) is 3.12. The van der Waals surface area contributed by atoms with Crippen LogP contribution in [0.25, 0.3) is 0 Å². The zero-order valence-corrected chi connectivity index (χ0v) is 10.6. The van der Waals surface area contributed by atoms with Crippen LogP contribution in [0.3, 0.4) is 0 Å². The van der Waals surface area contributed by atoms with Crippen molar-refractivity contribution in [2.45, 2.75) is 13.8 Å². The Balaban J connectivity index is 2.16. The lowest BCUT2D eigenvalue weighted by molar-refractivity contribution is 0.0662. The lowest BCUT2D eigenvalue weighted by atomic mass is 10.1. The fourth-order valence-electron chi connectivity index (χ4n) is 1.95. The van der Waals surface area contributed by atoms with Gasteiger partial charge in [-0.15, -0.1) is 0 Å². The number of likely N-dealkylation sites (N-methyl/N-ethyl adjacent to an activating group) is 1. The number of hydrogen-bond acceptors (Lipinski definition) is 4. The number of carbonyl (C=O) groups excluding carboxylic acids is 1. The van der Waals surface area contributed by atoms with E-state index < -0.39 is 0 Å². The molecule has 0 atom stereocenters. The fourth-order valence-corrected chi connectivity index (χ4v) is 1.95. The van der Waals surface area contributed by atoms with E-state index in [1.54, 1.807) is 0 Å². The minimum Gasteiger partial charge on any atom is -0.336 e. The van der Waals surface area contributed by atoms with Crippen molar-refractivity contribution in [3.05, 3.63) is 23.0 Å². The van der Waals surface area contributed by atoms with Crippen molar-refractivity contribution in [3.8, 4) is 0 Å². The van der Waals surface area contributed by atoms with Gasteiger partial charge in [0.2, 0.25) is 0 Å². The van der Waals surface area contributed by atoms with E-state index in [2.05, 4.69) is 22.1 Å². The standard InChI is InChI=1S/C12H18N4O/c1-9-8-11(10(2)14-13-9)12(17)16-6-4-15(3)5-7-16/h8H,4-7H2,1-3H3. The fraction of sp³-hybridized carbons (Fsp3) is 0.583. The Morgan fingerprint density at radius 2 is 1.82 bits per heavy atom. The normalized spacial score (nSPS) is 17.2. The second kappa shape index (κ2) is 4.79. The quantitative estimate of drug-likeness (QED) is 0.709. The molecule has 1 aromatic heterocycles. The zero-order chi connectivity index (χ0) is 12.4. The summed E-state index contributed by atoms with van der Waals surface area (Å²) in [5, 5.41) is 7.95. The van der Waals surface area contributed by atoms with Gasteiger partial charge in [-0.3, -0.25) is 4.79 Å². The minimum atomic E-state index is 0.0774. The number of carbonyl (C=O) groups is 1. The Morgan fingerprint density at radius 3 is 2.47 bits per heavy atom. The van der Waals surface area contributed by atoms with E-state index in [4.69, 9.17) is 0 Å². The Labute approximate surface area is 101 Å². The second-order valence-electron chi connectivity index (χ2n) is 4.58. The molecule has 1 saturated heterocycles. The lowest BCUT2D eigenvalue weighted by Gasteiger charge is -2.32. The Bertz CT molecular complexity index is 425. The van der Waals surface area contributed by atoms with Gasteiger partial charge in [0.15, 0.2) is 0 Å². The highest BCUT2D eigenvalue weighted by Crippen LogP contribution is 2.11. The summed E-state index contributed by atoms with van der Waals surface area (Å²) in [6.45, 7) is 7.12. The average Bonchev–Trinajstić information content (AvgIpc) is 2.32. The molecule has 0 radical (unpaired) electrons. The maximum absolute atomic E-state index is 12.3. The molecule has 17 heavy (non-hydrogen) atoms. The molecule has 1 amide bonds. The summed E-state index contributed by atoms with van der Waals surface area (Å²) < 4.78 is 0. The molecule has 1 aromatic rings. The summed E-state index contributed by atoms with van der Waals surface area (Å²) in [5.74, 6) is 0.0774. The van der Waals surface area contributed by atoms with Gasteiger partial charge in [-0.05, 0) is 27.0 Å². The lowest BCUT2D eigenvalue weighted by Crippen LogP contribution is -2.47. The molecule has 5 nitrogen and oxygen atoms in total. The van der Waals surface area contributed by atoms with Gasteiger partial charge in [0, 0.05) is 26.2 Å². The van der Waals surface area contributed by atoms with Crippen LogP contribution in [0.1, 0.15) is 21.7 Å². The maximum Gasteiger partial charge on any atom is 0.255 e. The van der Waals surface area contributed by atoms with Crippen LogP contribution < -0.4 is 0 Å². The van der Waals surface area contributed by atoms with E-state index in [0.717, 1.165) is 31.9 Å². The molecule has 0 aliphatic carbocycles. The van der Waals surface area contributed by atoms with Crippen molar-refractivity contribution in [1.29, 1.82) is 0 Å². The molecular weight excluding hydrogens is 216 g/mol. The Hall–Kier alpha value is -1.49. The number of rotatable bonds is 1. The molecular formula is C12H18N4O. The van der Waals surface area contributed by atoms with Crippen LogP contribution in [0, 0.1) is 13.8 Å². The molecule has 1 aliphatic heterocycles. The number of nitrogens with zero attached hydrogens (tertiary/aromatic N) is 4. The highest BCUT2D eigenvalue weighted by molar-refractivity contribution is 5.95. The molecule has 0 unspecified atom stereocenters. The van der Waals surface area contributed by atoms with Crippen molar-refractivity contribution in [2.24, 2.45) is 0 Å². The molecule has 1 aliphatic rings. The Kier molecular flexibility index (Phi) is 3.38. The van der Waals surface area contributed by atoms with Crippen LogP contribution >= 0.6 is 0 Å². The largest absolute Gasteiger partial charge is 0.336 e. The summed E-state index contributed by atoms with van der Waals surface area (Å²) in [4.78, 5) is 16.4. The van der Waals surface area contributed by atoms with Gasteiger partial charge in [-0.25, -0.2) is 0 Å². The van der Waals surface area contributed by atoms with Crippen molar-refractivity contribution in [3.63, 3.8) is 0 Å². The van der Waals surface area contributed by atoms with E-state index >= 15 is 0 Å². The summed E-state index contributed by atoms with van der Waals surface area (Å²) >= 11 is 0. The van der Waals surface area contributed by atoms with Gasteiger partial charge in [0.25, 0.3) is 5.91 Å². The first-order valence-corrected chi connectivity index (χ1v) is 5.86. The van der Waals surface area contributed by atoms with E-state index in [1.165, 1.54) is 0 Å². The molecule has 2 rings (SSSR count). The number of amides is 1. The van der Waals surface area contributed by atoms with Gasteiger partial charge < -0.3 is 9.80 Å². The number of piperazine rings is 1. The highest BCUT2D eigenvalue weighted by Gasteiger charge is 2.22.